The molecular weight excluding hydrogens is 420 g/mol. The maximum atomic E-state index is 12.0. The first kappa shape index (κ1) is 16.9. The number of likely N-dealkylation sites (tertiary alicyclic amines) is 1. The second-order valence-electron chi connectivity index (χ2n) is 9.02. The molecule has 1 aliphatic carbocycles. The first-order chi connectivity index (χ1) is 17.2. The number of hydrogen-bond donors (Lipinski definition) is 1. The van der Waals surface area contributed by atoms with Gasteiger partial charge in [0.15, 0.2) is 0 Å². The number of nitrogens with zero attached hydrogens (tertiary/aromatic N) is 7. The van der Waals surface area contributed by atoms with Gasteiger partial charge in [0.2, 0.25) is 23.5 Å². The predicted molar refractivity (Wildman–Crippen MR) is 122 cm³/mol. The van der Waals surface area contributed by atoms with E-state index in [0.29, 0.717) is 30.7 Å². The fourth-order valence-electron chi connectivity index (χ4n) is 5.16. The summed E-state index contributed by atoms with van der Waals surface area (Å²) in [6.07, 6.45) is 12.8. The van der Waals surface area contributed by atoms with E-state index in [-0.39, 0.29) is 11.5 Å². The summed E-state index contributed by atoms with van der Waals surface area (Å²) in [5.74, 6) is 0.834. The molecule has 6 rings (SSSR count). The second kappa shape index (κ2) is 7.43. The second-order valence-corrected chi connectivity index (χ2v) is 9.02. The normalized spacial score (nSPS) is 19.8. The van der Waals surface area contributed by atoms with Gasteiger partial charge in [-0.25, -0.2) is 14.5 Å². The van der Waals surface area contributed by atoms with Gasteiger partial charge in [-0.15, -0.1) is 5.10 Å². The fourth-order valence-corrected chi connectivity index (χ4v) is 5.16. The molecule has 10 nitrogen and oxygen atoms in total. The zero-order valence-electron chi connectivity index (χ0n) is 21.2. The molecule has 1 amide bonds. The number of carbonyl (C=O) groups is 1. The standard InChI is InChI=1S/C23H26N8O2/c1-15(32)30-13-23(14-30)6-3-17(4-7-23)26-21-27-20(33-2)19-18(5-9-31(19)28-21)16-11-25-22-24-8-10-29(22)12-16/h5,8-12,17H,3-4,6-7,13-14H2,1-2H3,(H,26,28)/i1D3. The molecule has 33 heavy (non-hydrogen) atoms. The van der Waals surface area contributed by atoms with Crippen molar-refractivity contribution in [3.8, 4) is 17.0 Å². The van der Waals surface area contributed by atoms with Crippen molar-refractivity contribution < 1.29 is 13.6 Å². The van der Waals surface area contributed by atoms with Crippen LogP contribution < -0.4 is 10.1 Å². The largest absolute Gasteiger partial charge is 0.479 e. The Kier molecular flexibility index (Phi) is 3.80. The van der Waals surface area contributed by atoms with Crippen LogP contribution in [-0.4, -0.2) is 66.0 Å². The van der Waals surface area contributed by atoms with Crippen LogP contribution in [0.1, 0.15) is 36.6 Å². The van der Waals surface area contributed by atoms with Gasteiger partial charge in [0, 0.05) is 77.6 Å². The van der Waals surface area contributed by atoms with Gasteiger partial charge >= 0.3 is 0 Å². The summed E-state index contributed by atoms with van der Waals surface area (Å²) in [7, 11) is 1.59. The van der Waals surface area contributed by atoms with E-state index < -0.39 is 12.8 Å². The van der Waals surface area contributed by atoms with Crippen LogP contribution in [-0.2, 0) is 4.79 Å². The third-order valence-electron chi connectivity index (χ3n) is 6.95. The molecule has 0 aromatic carbocycles. The number of carbonyl (C=O) groups excluding carboxylic acids is 1. The number of rotatable bonds is 4. The third-order valence-corrected chi connectivity index (χ3v) is 6.95. The highest BCUT2D eigenvalue weighted by Crippen LogP contribution is 2.44. The first-order valence-corrected chi connectivity index (χ1v) is 11.0. The predicted octanol–water partition coefficient (Wildman–Crippen LogP) is 2.65. The lowest BCUT2D eigenvalue weighted by molar-refractivity contribution is -0.143. The minimum atomic E-state index is -2.56. The van der Waals surface area contributed by atoms with Crippen LogP contribution >= 0.6 is 0 Å². The van der Waals surface area contributed by atoms with E-state index in [1.54, 1.807) is 24.0 Å². The number of methoxy groups -OCH3 is 1. The number of amides is 1. The third kappa shape index (κ3) is 3.37. The van der Waals surface area contributed by atoms with Crippen molar-refractivity contribution in [3.63, 3.8) is 0 Å². The zero-order valence-corrected chi connectivity index (χ0v) is 18.2. The molecule has 170 valence electrons. The summed E-state index contributed by atoms with van der Waals surface area (Å²) < 4.78 is 31.2. The summed E-state index contributed by atoms with van der Waals surface area (Å²) in [6.45, 7) is -1.51. The highest BCUT2D eigenvalue weighted by Gasteiger charge is 2.46. The molecule has 2 fully saturated rings. The van der Waals surface area contributed by atoms with Crippen LogP contribution in [0, 0.1) is 5.41 Å². The first-order valence-electron chi connectivity index (χ1n) is 12.5. The highest BCUT2D eigenvalue weighted by molar-refractivity contribution is 5.84. The molecule has 0 radical (unpaired) electrons. The number of fused-ring (bicyclic) bond motifs is 2. The van der Waals surface area contributed by atoms with E-state index in [1.807, 2.05) is 29.1 Å². The number of anilines is 1. The molecular formula is C23H26N8O2. The molecule has 1 saturated carbocycles. The lowest BCUT2D eigenvalue weighted by Crippen LogP contribution is -2.59. The number of imidazole rings is 1. The molecule has 0 unspecified atom stereocenters. The molecule has 0 atom stereocenters. The van der Waals surface area contributed by atoms with E-state index in [9.17, 15) is 4.79 Å². The highest BCUT2D eigenvalue weighted by atomic mass is 16.5. The Labute approximate surface area is 194 Å². The van der Waals surface area contributed by atoms with Crippen molar-refractivity contribution in [1.29, 1.82) is 0 Å². The maximum absolute atomic E-state index is 12.0. The van der Waals surface area contributed by atoms with Crippen LogP contribution in [0.25, 0.3) is 22.4 Å². The summed E-state index contributed by atoms with van der Waals surface area (Å²) in [5.41, 5.74) is 2.58. The van der Waals surface area contributed by atoms with Crippen molar-refractivity contribution in [1.82, 2.24) is 33.9 Å². The Bertz CT molecular complexity index is 1450. The van der Waals surface area contributed by atoms with Gasteiger partial charge in [-0.1, -0.05) is 0 Å². The number of nitrogens with one attached hydrogen (secondary N) is 1. The van der Waals surface area contributed by atoms with Crippen molar-refractivity contribution >= 4 is 23.1 Å². The Morgan fingerprint density at radius 2 is 2.12 bits per heavy atom. The Hall–Kier alpha value is -3.69. The lowest BCUT2D eigenvalue weighted by Gasteiger charge is -2.53. The van der Waals surface area contributed by atoms with E-state index >= 15 is 0 Å². The fraction of sp³-hybridized carbons (Fsp3) is 0.435. The molecule has 4 aromatic heterocycles. The van der Waals surface area contributed by atoms with Gasteiger partial charge < -0.3 is 15.0 Å². The number of ether oxygens (including phenoxy) is 1. The van der Waals surface area contributed by atoms with Gasteiger partial charge in [0.05, 0.1) is 7.11 Å². The van der Waals surface area contributed by atoms with Crippen molar-refractivity contribution in [2.24, 2.45) is 5.41 Å². The summed E-state index contributed by atoms with van der Waals surface area (Å²) in [5, 5.41) is 8.11. The number of aromatic nitrogens is 6. The molecule has 0 bridgehead atoms. The molecule has 4 aromatic rings. The molecule has 5 heterocycles. The topological polar surface area (TPSA) is 102 Å². The Morgan fingerprint density at radius 3 is 2.91 bits per heavy atom. The summed E-state index contributed by atoms with van der Waals surface area (Å²) >= 11 is 0. The zero-order chi connectivity index (χ0) is 25.1. The van der Waals surface area contributed by atoms with Gasteiger partial charge in [0.1, 0.15) is 5.52 Å². The SMILES string of the molecule is [2H]C([2H])([2H])C(=O)N1CC2(CCC(Nc3nc(OC)c4c(-c5cnc6nccn6c5)ccn4n3)CC2)C1. The van der Waals surface area contributed by atoms with Crippen LogP contribution in [0.3, 0.4) is 0 Å². The molecule has 10 heteroatoms. The van der Waals surface area contributed by atoms with E-state index in [1.165, 1.54) is 4.90 Å². The van der Waals surface area contributed by atoms with Gasteiger partial charge in [-0.2, -0.15) is 4.98 Å². The van der Waals surface area contributed by atoms with E-state index in [2.05, 4.69) is 25.4 Å². The Morgan fingerprint density at radius 1 is 1.27 bits per heavy atom. The monoisotopic (exact) mass is 449 g/mol. The minimum Gasteiger partial charge on any atom is -0.479 e. The van der Waals surface area contributed by atoms with Crippen LogP contribution in [0.5, 0.6) is 5.88 Å². The van der Waals surface area contributed by atoms with Crippen molar-refractivity contribution in [2.45, 2.75) is 38.6 Å². The average Bonchev–Trinajstić information content (AvgIpc) is 3.48. The molecule has 1 saturated heterocycles. The Balaban J connectivity index is 1.16. The van der Waals surface area contributed by atoms with Gasteiger partial charge in [0.25, 0.3) is 0 Å². The summed E-state index contributed by atoms with van der Waals surface area (Å²) in [4.78, 5) is 26.7. The molecule has 1 spiro atoms. The minimum absolute atomic E-state index is 0.0291. The smallest absolute Gasteiger partial charge is 0.244 e. The van der Waals surface area contributed by atoms with Crippen molar-refractivity contribution in [3.05, 3.63) is 37.1 Å². The van der Waals surface area contributed by atoms with E-state index in [0.717, 1.165) is 42.3 Å². The molecule has 2 aliphatic rings. The van der Waals surface area contributed by atoms with Gasteiger partial charge in [-0.05, 0) is 31.7 Å². The maximum Gasteiger partial charge on any atom is 0.244 e. The lowest BCUT2D eigenvalue weighted by atomic mass is 9.67. The summed E-state index contributed by atoms with van der Waals surface area (Å²) in [6, 6.07) is 2.15. The molecule has 1 aliphatic heterocycles. The van der Waals surface area contributed by atoms with Gasteiger partial charge in [-0.3, -0.25) is 9.20 Å². The average molecular weight is 450 g/mol. The van der Waals surface area contributed by atoms with Crippen LogP contribution in [0.2, 0.25) is 0 Å². The van der Waals surface area contributed by atoms with Crippen LogP contribution in [0.4, 0.5) is 5.95 Å². The van der Waals surface area contributed by atoms with Crippen LogP contribution in [0.15, 0.2) is 37.1 Å². The van der Waals surface area contributed by atoms with E-state index in [4.69, 9.17) is 8.85 Å². The molecule has 1 N–H and O–H groups in total. The number of hydrogen-bond acceptors (Lipinski definition) is 7. The van der Waals surface area contributed by atoms with Crippen molar-refractivity contribution in [2.75, 3.05) is 25.5 Å². The quantitative estimate of drug-likeness (QED) is 0.511.